The topological polar surface area (TPSA) is 66.4 Å². The number of nitrogens with one attached hydrogen (secondary N) is 1. The average Bonchev–Trinajstić information content (AvgIpc) is 2.44. The van der Waals surface area contributed by atoms with Gasteiger partial charge in [0.25, 0.3) is 0 Å². The molecule has 0 radical (unpaired) electrons. The molecule has 4 heteroatoms. The van der Waals surface area contributed by atoms with E-state index >= 15 is 0 Å². The lowest BCUT2D eigenvalue weighted by molar-refractivity contribution is -0.137. The number of rotatable bonds is 4. The molecule has 0 aliphatic heterocycles. The highest BCUT2D eigenvalue weighted by molar-refractivity contribution is 5.80. The zero-order valence-electron chi connectivity index (χ0n) is 9.38. The van der Waals surface area contributed by atoms with Gasteiger partial charge in [-0.1, -0.05) is 20.3 Å². The molecule has 1 fully saturated rings. The van der Waals surface area contributed by atoms with E-state index in [4.69, 9.17) is 5.11 Å². The summed E-state index contributed by atoms with van der Waals surface area (Å²) in [7, 11) is 0. The Kier molecular flexibility index (Phi) is 3.72. The predicted octanol–water partition coefficient (Wildman–Crippen LogP) is 1.40. The Hall–Kier alpha value is -1.06. The number of aliphatic carboxylic acids is 1. The number of carbonyl (C=O) groups is 2. The van der Waals surface area contributed by atoms with Gasteiger partial charge in [0.1, 0.15) is 0 Å². The molecule has 0 aromatic heterocycles. The first-order chi connectivity index (χ1) is 6.93. The smallest absolute Gasteiger partial charge is 0.305 e. The maximum Gasteiger partial charge on any atom is 0.305 e. The van der Waals surface area contributed by atoms with Gasteiger partial charge >= 0.3 is 5.97 Å². The molecule has 1 atom stereocenters. The molecule has 0 saturated heterocycles. The first-order valence-electron chi connectivity index (χ1n) is 5.43. The molecule has 0 bridgehead atoms. The SMILES string of the molecule is CC1(C)CCCC1C(=O)NCCC(=O)O. The Balaban J connectivity index is 2.37. The number of carboxylic acids is 1. The number of amides is 1. The van der Waals surface area contributed by atoms with Crippen LogP contribution in [-0.2, 0) is 9.59 Å². The molecule has 2 N–H and O–H groups in total. The van der Waals surface area contributed by atoms with Gasteiger partial charge in [-0.2, -0.15) is 0 Å². The molecule has 1 aliphatic carbocycles. The molecule has 1 saturated carbocycles. The van der Waals surface area contributed by atoms with E-state index in [-0.39, 0.29) is 30.2 Å². The van der Waals surface area contributed by atoms with E-state index in [0.717, 1.165) is 19.3 Å². The van der Waals surface area contributed by atoms with Crippen LogP contribution in [0.5, 0.6) is 0 Å². The summed E-state index contributed by atoms with van der Waals surface area (Å²) < 4.78 is 0. The minimum atomic E-state index is -0.874. The van der Waals surface area contributed by atoms with Crippen molar-refractivity contribution in [3.8, 4) is 0 Å². The Morgan fingerprint density at radius 1 is 1.47 bits per heavy atom. The minimum Gasteiger partial charge on any atom is -0.481 e. The lowest BCUT2D eigenvalue weighted by Crippen LogP contribution is -2.37. The van der Waals surface area contributed by atoms with Crippen LogP contribution in [0, 0.1) is 11.3 Å². The van der Waals surface area contributed by atoms with Crippen molar-refractivity contribution in [3.63, 3.8) is 0 Å². The third-order valence-corrected chi connectivity index (χ3v) is 3.21. The zero-order valence-corrected chi connectivity index (χ0v) is 9.38. The molecule has 15 heavy (non-hydrogen) atoms. The quantitative estimate of drug-likeness (QED) is 0.742. The monoisotopic (exact) mass is 213 g/mol. The number of hydrogen-bond donors (Lipinski definition) is 2. The fraction of sp³-hybridized carbons (Fsp3) is 0.818. The molecule has 86 valence electrons. The van der Waals surface area contributed by atoms with Crippen LogP contribution in [-0.4, -0.2) is 23.5 Å². The van der Waals surface area contributed by atoms with Crippen molar-refractivity contribution in [3.05, 3.63) is 0 Å². The average molecular weight is 213 g/mol. The molecule has 1 amide bonds. The lowest BCUT2D eigenvalue weighted by atomic mass is 9.81. The molecule has 0 aromatic rings. The van der Waals surface area contributed by atoms with E-state index in [9.17, 15) is 9.59 Å². The fourth-order valence-electron chi connectivity index (χ4n) is 2.23. The Bertz CT molecular complexity index is 261. The van der Waals surface area contributed by atoms with Crippen LogP contribution < -0.4 is 5.32 Å². The normalized spacial score (nSPS) is 23.7. The van der Waals surface area contributed by atoms with E-state index < -0.39 is 5.97 Å². The summed E-state index contributed by atoms with van der Waals surface area (Å²) in [5.41, 5.74) is 0.0628. The molecule has 1 aliphatic rings. The molecule has 0 heterocycles. The Morgan fingerprint density at radius 2 is 2.13 bits per heavy atom. The van der Waals surface area contributed by atoms with Gasteiger partial charge in [0.15, 0.2) is 0 Å². The van der Waals surface area contributed by atoms with Gasteiger partial charge in [0.05, 0.1) is 6.42 Å². The summed E-state index contributed by atoms with van der Waals surface area (Å²) in [6.07, 6.45) is 3.08. The summed E-state index contributed by atoms with van der Waals surface area (Å²) in [6.45, 7) is 4.43. The predicted molar refractivity (Wildman–Crippen MR) is 56.4 cm³/mol. The van der Waals surface area contributed by atoms with Gasteiger partial charge in [-0.25, -0.2) is 0 Å². The first-order valence-corrected chi connectivity index (χ1v) is 5.43. The molecule has 1 unspecified atom stereocenters. The summed E-state index contributed by atoms with van der Waals surface area (Å²) in [4.78, 5) is 22.0. The summed E-state index contributed by atoms with van der Waals surface area (Å²) >= 11 is 0. The number of carbonyl (C=O) groups excluding carboxylic acids is 1. The standard InChI is InChI=1S/C11H19NO3/c1-11(2)6-3-4-8(11)10(15)12-7-5-9(13)14/h8H,3-7H2,1-2H3,(H,12,15)(H,13,14). The Labute approximate surface area is 90.0 Å². The van der Waals surface area contributed by atoms with E-state index in [2.05, 4.69) is 19.2 Å². The number of hydrogen-bond acceptors (Lipinski definition) is 2. The van der Waals surface area contributed by atoms with Crippen LogP contribution in [0.1, 0.15) is 39.5 Å². The van der Waals surface area contributed by atoms with Crippen molar-refractivity contribution in [2.75, 3.05) is 6.54 Å². The molecule has 0 aromatic carbocycles. The first kappa shape index (κ1) is 12.0. The second-order valence-corrected chi connectivity index (χ2v) is 4.87. The van der Waals surface area contributed by atoms with Crippen LogP contribution in [0.25, 0.3) is 0 Å². The summed E-state index contributed by atoms with van der Waals surface area (Å²) in [6, 6.07) is 0. The van der Waals surface area contributed by atoms with Gasteiger partial charge < -0.3 is 10.4 Å². The van der Waals surface area contributed by atoms with E-state index in [1.165, 1.54) is 0 Å². The third kappa shape index (κ3) is 3.22. The molecule has 4 nitrogen and oxygen atoms in total. The third-order valence-electron chi connectivity index (χ3n) is 3.21. The highest BCUT2D eigenvalue weighted by Crippen LogP contribution is 2.42. The minimum absolute atomic E-state index is 0.00110. The second kappa shape index (κ2) is 4.64. The second-order valence-electron chi connectivity index (χ2n) is 4.87. The van der Waals surface area contributed by atoms with Gasteiger partial charge in [0, 0.05) is 12.5 Å². The van der Waals surface area contributed by atoms with Crippen molar-refractivity contribution in [1.29, 1.82) is 0 Å². The van der Waals surface area contributed by atoms with Crippen LogP contribution in [0.4, 0.5) is 0 Å². The maximum atomic E-state index is 11.7. The van der Waals surface area contributed by atoms with Crippen molar-refractivity contribution >= 4 is 11.9 Å². The van der Waals surface area contributed by atoms with Crippen LogP contribution in [0.15, 0.2) is 0 Å². The van der Waals surface area contributed by atoms with Crippen molar-refractivity contribution in [2.24, 2.45) is 11.3 Å². The largest absolute Gasteiger partial charge is 0.481 e. The molecular formula is C11H19NO3. The van der Waals surface area contributed by atoms with E-state index in [0.29, 0.717) is 0 Å². The van der Waals surface area contributed by atoms with Crippen LogP contribution in [0.2, 0.25) is 0 Å². The van der Waals surface area contributed by atoms with Gasteiger partial charge in [-0.05, 0) is 18.3 Å². The van der Waals surface area contributed by atoms with Gasteiger partial charge in [-0.15, -0.1) is 0 Å². The van der Waals surface area contributed by atoms with Gasteiger partial charge in [0.2, 0.25) is 5.91 Å². The van der Waals surface area contributed by atoms with E-state index in [1.807, 2.05) is 0 Å². The van der Waals surface area contributed by atoms with E-state index in [1.54, 1.807) is 0 Å². The molecule has 1 rings (SSSR count). The summed E-state index contributed by atoms with van der Waals surface area (Å²) in [5.74, 6) is -0.814. The molecular weight excluding hydrogens is 194 g/mol. The highest BCUT2D eigenvalue weighted by atomic mass is 16.4. The van der Waals surface area contributed by atoms with Crippen LogP contribution in [0.3, 0.4) is 0 Å². The number of carboxylic acid groups (broad SMARTS) is 1. The van der Waals surface area contributed by atoms with Gasteiger partial charge in [-0.3, -0.25) is 9.59 Å². The lowest BCUT2D eigenvalue weighted by Gasteiger charge is -2.25. The fourth-order valence-corrected chi connectivity index (χ4v) is 2.23. The van der Waals surface area contributed by atoms with Crippen LogP contribution >= 0.6 is 0 Å². The van der Waals surface area contributed by atoms with Crippen molar-refractivity contribution < 1.29 is 14.7 Å². The highest BCUT2D eigenvalue weighted by Gasteiger charge is 2.38. The molecule has 0 spiro atoms. The zero-order chi connectivity index (χ0) is 11.5. The van der Waals surface area contributed by atoms with Crippen molar-refractivity contribution in [2.45, 2.75) is 39.5 Å². The van der Waals surface area contributed by atoms with Crippen molar-refractivity contribution in [1.82, 2.24) is 5.32 Å². The summed E-state index contributed by atoms with van der Waals surface area (Å²) in [5, 5.41) is 11.1. The maximum absolute atomic E-state index is 11.7. The Morgan fingerprint density at radius 3 is 2.60 bits per heavy atom.